The van der Waals surface area contributed by atoms with E-state index in [4.69, 9.17) is 16.3 Å². The quantitative estimate of drug-likeness (QED) is 0.898. The Morgan fingerprint density at radius 2 is 2.36 bits per heavy atom. The zero-order chi connectivity index (χ0) is 15.7. The molecule has 5 nitrogen and oxygen atoms in total. The van der Waals surface area contributed by atoms with Gasteiger partial charge >= 0.3 is 0 Å². The molecule has 2 aliphatic rings. The van der Waals surface area contributed by atoms with Gasteiger partial charge in [-0.3, -0.25) is 9.59 Å². The maximum absolute atomic E-state index is 12.4. The first-order chi connectivity index (χ1) is 10.5. The van der Waals surface area contributed by atoms with Crippen LogP contribution in [0.1, 0.15) is 13.3 Å². The van der Waals surface area contributed by atoms with Gasteiger partial charge in [-0.05, 0) is 25.1 Å². The van der Waals surface area contributed by atoms with E-state index in [9.17, 15) is 9.59 Å². The van der Waals surface area contributed by atoms with Crippen LogP contribution in [0.5, 0.6) is 0 Å². The molecule has 2 heterocycles. The number of carbonyl (C=O) groups excluding carboxylic acids is 2. The van der Waals surface area contributed by atoms with Crippen molar-refractivity contribution in [3.05, 3.63) is 23.2 Å². The Morgan fingerprint density at radius 3 is 3.14 bits per heavy atom. The Labute approximate surface area is 138 Å². The number of rotatable bonds is 2. The van der Waals surface area contributed by atoms with Gasteiger partial charge in [0.05, 0.1) is 30.2 Å². The number of nitrogens with zero attached hydrogens (tertiary/aromatic N) is 1. The standard InChI is InChI=1S/C15H17ClN2O3S/c1-9-8-21-5-4-18(9)14(19)7-13-15(20)17-11-6-10(16)2-3-12(11)22-13/h2-3,6,9,13H,4-5,7-8H2,1H3,(H,17,20)/t9-,13+/m1/s1. The maximum Gasteiger partial charge on any atom is 0.238 e. The molecule has 2 amide bonds. The highest BCUT2D eigenvalue weighted by atomic mass is 35.5. The predicted molar refractivity (Wildman–Crippen MR) is 86.3 cm³/mol. The summed E-state index contributed by atoms with van der Waals surface area (Å²) in [5.41, 5.74) is 0.714. The third-order valence-electron chi connectivity index (χ3n) is 3.81. The Morgan fingerprint density at radius 1 is 1.55 bits per heavy atom. The van der Waals surface area contributed by atoms with Crippen LogP contribution < -0.4 is 5.32 Å². The second-order valence-electron chi connectivity index (χ2n) is 5.45. The smallest absolute Gasteiger partial charge is 0.238 e. The molecule has 1 aromatic carbocycles. The molecule has 0 aromatic heterocycles. The summed E-state index contributed by atoms with van der Waals surface area (Å²) in [4.78, 5) is 27.4. The van der Waals surface area contributed by atoms with Crippen molar-refractivity contribution in [1.29, 1.82) is 0 Å². The molecule has 1 saturated heterocycles. The van der Waals surface area contributed by atoms with Crippen molar-refractivity contribution in [1.82, 2.24) is 4.90 Å². The number of anilines is 1. The van der Waals surface area contributed by atoms with Gasteiger partial charge in [-0.2, -0.15) is 0 Å². The minimum atomic E-state index is -0.406. The molecule has 0 bridgehead atoms. The fourth-order valence-electron chi connectivity index (χ4n) is 2.63. The largest absolute Gasteiger partial charge is 0.377 e. The average molecular weight is 341 g/mol. The van der Waals surface area contributed by atoms with Gasteiger partial charge in [0.15, 0.2) is 0 Å². The summed E-state index contributed by atoms with van der Waals surface area (Å²) in [5, 5.41) is 3.00. The number of benzene rings is 1. The van der Waals surface area contributed by atoms with Gasteiger partial charge in [0.1, 0.15) is 0 Å². The first-order valence-corrected chi connectivity index (χ1v) is 8.44. The van der Waals surface area contributed by atoms with Crippen LogP contribution in [-0.4, -0.2) is 47.8 Å². The number of halogens is 1. The van der Waals surface area contributed by atoms with Gasteiger partial charge in [0.2, 0.25) is 11.8 Å². The minimum Gasteiger partial charge on any atom is -0.377 e. The van der Waals surface area contributed by atoms with Gasteiger partial charge < -0.3 is 15.0 Å². The number of hydrogen-bond acceptors (Lipinski definition) is 4. The van der Waals surface area contributed by atoms with Crippen LogP contribution in [0.2, 0.25) is 5.02 Å². The summed E-state index contributed by atoms with van der Waals surface area (Å²) in [6.07, 6.45) is 0.197. The summed E-state index contributed by atoms with van der Waals surface area (Å²) < 4.78 is 5.34. The molecule has 22 heavy (non-hydrogen) atoms. The molecule has 118 valence electrons. The van der Waals surface area contributed by atoms with E-state index in [1.165, 1.54) is 11.8 Å². The zero-order valence-electron chi connectivity index (χ0n) is 12.2. The minimum absolute atomic E-state index is 0.000800. The van der Waals surface area contributed by atoms with Crippen LogP contribution in [0, 0.1) is 0 Å². The highest BCUT2D eigenvalue weighted by molar-refractivity contribution is 8.01. The second kappa shape index (κ2) is 6.48. The molecule has 7 heteroatoms. The molecule has 0 radical (unpaired) electrons. The molecule has 0 aliphatic carbocycles. The van der Waals surface area contributed by atoms with Crippen molar-refractivity contribution in [2.24, 2.45) is 0 Å². The molecule has 2 atom stereocenters. The Balaban J connectivity index is 1.69. The molecule has 3 rings (SSSR count). The van der Waals surface area contributed by atoms with E-state index >= 15 is 0 Å². The summed E-state index contributed by atoms with van der Waals surface area (Å²) in [6, 6.07) is 5.44. The highest BCUT2D eigenvalue weighted by Gasteiger charge is 2.32. The topological polar surface area (TPSA) is 58.6 Å². The maximum atomic E-state index is 12.4. The molecule has 0 spiro atoms. The molecular formula is C15H17ClN2O3S. The lowest BCUT2D eigenvalue weighted by molar-refractivity contribution is -0.140. The lowest BCUT2D eigenvalue weighted by Crippen LogP contribution is -2.48. The Bertz CT molecular complexity index is 610. The molecule has 0 saturated carbocycles. The van der Waals surface area contributed by atoms with E-state index in [1.807, 2.05) is 13.0 Å². The third kappa shape index (κ3) is 3.24. The molecule has 1 aromatic rings. The molecule has 1 fully saturated rings. The summed E-state index contributed by atoms with van der Waals surface area (Å²) in [6.45, 7) is 3.66. The van der Waals surface area contributed by atoms with Crippen LogP contribution in [0.25, 0.3) is 0 Å². The summed E-state index contributed by atoms with van der Waals surface area (Å²) in [5.74, 6) is -0.144. The first-order valence-electron chi connectivity index (χ1n) is 7.19. The van der Waals surface area contributed by atoms with Gasteiger partial charge in [-0.15, -0.1) is 11.8 Å². The van der Waals surface area contributed by atoms with Gasteiger partial charge in [0, 0.05) is 22.9 Å². The van der Waals surface area contributed by atoms with Gasteiger partial charge in [-0.1, -0.05) is 11.6 Å². The number of morpholine rings is 1. The van der Waals surface area contributed by atoms with E-state index in [0.717, 1.165) is 4.90 Å². The number of carbonyl (C=O) groups is 2. The van der Waals surface area contributed by atoms with Crippen molar-refractivity contribution >= 4 is 40.9 Å². The molecule has 0 unspecified atom stereocenters. The van der Waals surface area contributed by atoms with Crippen molar-refractivity contribution in [3.63, 3.8) is 0 Å². The van der Waals surface area contributed by atoms with Crippen molar-refractivity contribution < 1.29 is 14.3 Å². The Hall–Kier alpha value is -1.24. The normalized spacial score (nSPS) is 24.6. The van der Waals surface area contributed by atoms with Crippen LogP contribution in [0.3, 0.4) is 0 Å². The molecule has 2 aliphatic heterocycles. The fraction of sp³-hybridized carbons (Fsp3) is 0.467. The first kappa shape index (κ1) is 15.6. The van der Waals surface area contributed by atoms with E-state index in [1.54, 1.807) is 17.0 Å². The number of nitrogens with one attached hydrogen (secondary N) is 1. The fourth-order valence-corrected chi connectivity index (χ4v) is 3.88. The summed E-state index contributed by atoms with van der Waals surface area (Å²) >= 11 is 7.35. The number of amides is 2. The van der Waals surface area contributed by atoms with Crippen LogP contribution in [0.4, 0.5) is 5.69 Å². The van der Waals surface area contributed by atoms with E-state index in [-0.39, 0.29) is 24.3 Å². The van der Waals surface area contributed by atoms with Crippen LogP contribution in [-0.2, 0) is 14.3 Å². The number of ether oxygens (including phenoxy) is 1. The van der Waals surface area contributed by atoms with E-state index in [0.29, 0.717) is 30.5 Å². The zero-order valence-corrected chi connectivity index (χ0v) is 13.7. The van der Waals surface area contributed by atoms with E-state index < -0.39 is 5.25 Å². The summed E-state index contributed by atoms with van der Waals surface area (Å²) in [7, 11) is 0. The molecule has 1 N–H and O–H groups in total. The van der Waals surface area contributed by atoms with Crippen molar-refractivity contribution in [2.75, 3.05) is 25.1 Å². The van der Waals surface area contributed by atoms with Crippen LogP contribution >= 0.6 is 23.4 Å². The molecular weight excluding hydrogens is 324 g/mol. The second-order valence-corrected chi connectivity index (χ2v) is 7.13. The van der Waals surface area contributed by atoms with Crippen molar-refractivity contribution in [2.45, 2.75) is 29.5 Å². The number of thioether (sulfide) groups is 1. The lowest BCUT2D eigenvalue weighted by atomic mass is 10.2. The van der Waals surface area contributed by atoms with Gasteiger partial charge in [-0.25, -0.2) is 0 Å². The average Bonchev–Trinajstić information content (AvgIpc) is 2.48. The highest BCUT2D eigenvalue weighted by Crippen LogP contribution is 2.38. The van der Waals surface area contributed by atoms with Gasteiger partial charge in [0.25, 0.3) is 0 Å². The van der Waals surface area contributed by atoms with Crippen LogP contribution in [0.15, 0.2) is 23.1 Å². The SMILES string of the molecule is C[C@@H]1COCCN1C(=O)C[C@@H]1Sc2ccc(Cl)cc2NC1=O. The Kier molecular flexibility index (Phi) is 4.61. The predicted octanol–water partition coefficient (Wildman–Crippen LogP) is 2.39. The van der Waals surface area contributed by atoms with E-state index in [2.05, 4.69) is 5.32 Å². The number of fused-ring (bicyclic) bond motifs is 1. The number of hydrogen-bond donors (Lipinski definition) is 1. The lowest BCUT2D eigenvalue weighted by Gasteiger charge is -2.34. The third-order valence-corrected chi connectivity index (χ3v) is 5.32. The monoisotopic (exact) mass is 340 g/mol. The van der Waals surface area contributed by atoms with Crippen molar-refractivity contribution in [3.8, 4) is 0 Å².